The van der Waals surface area contributed by atoms with Crippen molar-refractivity contribution in [3.8, 4) is 11.4 Å². The number of halogens is 1. The molecule has 4 heterocycles. The van der Waals surface area contributed by atoms with Crippen molar-refractivity contribution in [1.29, 1.82) is 0 Å². The Morgan fingerprint density at radius 1 is 1.23 bits per heavy atom. The highest BCUT2D eigenvalue weighted by atomic mass is 19.1. The van der Waals surface area contributed by atoms with Crippen molar-refractivity contribution in [3.63, 3.8) is 0 Å². The maximum atomic E-state index is 14.0. The van der Waals surface area contributed by atoms with Crippen LogP contribution in [0.3, 0.4) is 0 Å². The molecule has 3 amide bonds. The van der Waals surface area contributed by atoms with Crippen LogP contribution in [0.2, 0.25) is 0 Å². The minimum Gasteiger partial charge on any atom is -0.501 e. The lowest BCUT2D eigenvalue weighted by Crippen LogP contribution is -2.53. The zero-order chi connectivity index (χ0) is 28.8. The monoisotopic (exact) mass is 552 g/mol. The van der Waals surface area contributed by atoms with Gasteiger partial charge in [-0.1, -0.05) is 11.3 Å². The molecule has 40 heavy (non-hydrogen) atoms. The smallest absolute Gasteiger partial charge is 0.311 e. The summed E-state index contributed by atoms with van der Waals surface area (Å²) in [6.07, 6.45) is 3.66. The second-order valence-electron chi connectivity index (χ2n) is 10.5. The first-order valence-electron chi connectivity index (χ1n) is 12.8. The Labute approximate surface area is 228 Å². The number of aromatic hydroxyl groups is 1. The Morgan fingerprint density at radius 2 is 1.95 bits per heavy atom. The van der Waals surface area contributed by atoms with Gasteiger partial charge in [0.15, 0.2) is 5.69 Å². The molecule has 3 aliphatic rings. The van der Waals surface area contributed by atoms with Gasteiger partial charge in [-0.15, -0.1) is 5.10 Å². The average molecular weight is 553 g/mol. The molecule has 1 aliphatic carbocycles. The van der Waals surface area contributed by atoms with E-state index in [2.05, 4.69) is 25.9 Å². The van der Waals surface area contributed by atoms with Gasteiger partial charge in [0.2, 0.25) is 5.75 Å². The molecule has 6 rings (SSSR count). The van der Waals surface area contributed by atoms with Crippen molar-refractivity contribution in [2.45, 2.75) is 51.2 Å². The highest BCUT2D eigenvalue weighted by molar-refractivity contribution is 6.35. The number of carbonyl (C=O) groups is 3. The third kappa shape index (κ3) is 4.69. The minimum absolute atomic E-state index is 0.103. The van der Waals surface area contributed by atoms with E-state index < -0.39 is 46.1 Å². The van der Waals surface area contributed by atoms with Crippen LogP contribution < -0.4 is 16.2 Å². The predicted molar refractivity (Wildman–Crippen MR) is 138 cm³/mol. The zero-order valence-corrected chi connectivity index (χ0v) is 22.3. The molecule has 2 bridgehead atoms. The Morgan fingerprint density at radius 3 is 2.60 bits per heavy atom. The van der Waals surface area contributed by atoms with Crippen molar-refractivity contribution in [2.24, 2.45) is 5.92 Å². The third-order valence-electron chi connectivity index (χ3n) is 7.58. The number of hydrogen-bond donors (Lipinski definition) is 3. The van der Waals surface area contributed by atoms with Crippen LogP contribution in [0.1, 0.15) is 53.3 Å². The van der Waals surface area contributed by atoms with Crippen molar-refractivity contribution >= 4 is 17.7 Å². The molecule has 13 nitrogen and oxygen atoms in total. The normalized spacial score (nSPS) is 19.4. The summed E-state index contributed by atoms with van der Waals surface area (Å²) in [6, 6.07) is 3.97. The van der Waals surface area contributed by atoms with Gasteiger partial charge in [-0.25, -0.2) is 14.1 Å². The Kier molecular flexibility index (Phi) is 6.85. The second-order valence-corrected chi connectivity index (χ2v) is 10.5. The van der Waals surface area contributed by atoms with Crippen LogP contribution >= 0.6 is 0 Å². The first-order valence-corrected chi connectivity index (χ1v) is 12.8. The lowest BCUT2D eigenvalue weighted by atomic mass is 9.77. The zero-order valence-electron chi connectivity index (χ0n) is 22.3. The molecule has 0 atom stereocenters. The lowest BCUT2D eigenvalue weighted by molar-refractivity contribution is -0.145. The molecule has 210 valence electrons. The molecular formula is C26H29FN8O5. The number of rotatable bonds is 5. The highest BCUT2D eigenvalue weighted by Gasteiger charge is 2.46. The number of aromatic nitrogens is 5. The van der Waals surface area contributed by atoms with Gasteiger partial charge in [-0.2, -0.15) is 0 Å². The summed E-state index contributed by atoms with van der Waals surface area (Å²) in [5.41, 5.74) is -0.965. The van der Waals surface area contributed by atoms with Gasteiger partial charge in [0.05, 0.1) is 23.1 Å². The van der Waals surface area contributed by atoms with E-state index in [9.17, 15) is 28.7 Å². The molecule has 2 aliphatic heterocycles. The van der Waals surface area contributed by atoms with E-state index in [1.54, 1.807) is 6.92 Å². The van der Waals surface area contributed by atoms with E-state index in [0.29, 0.717) is 42.6 Å². The molecule has 14 heteroatoms. The summed E-state index contributed by atoms with van der Waals surface area (Å²) in [6.45, 7) is 1.91. The summed E-state index contributed by atoms with van der Waals surface area (Å²) in [5, 5.41) is 23.9. The molecular weight excluding hydrogens is 523 g/mol. The fraction of sp³-hybridized carbons (Fsp3) is 0.423. The number of carbonyl (C=O) groups excluding carboxylic acids is 3. The van der Waals surface area contributed by atoms with E-state index >= 15 is 0 Å². The van der Waals surface area contributed by atoms with Gasteiger partial charge in [0, 0.05) is 27.2 Å². The van der Waals surface area contributed by atoms with Gasteiger partial charge in [-0.05, 0) is 56.2 Å². The molecule has 0 unspecified atom stereocenters. The summed E-state index contributed by atoms with van der Waals surface area (Å²) in [7, 11) is 2.91. The number of fused-ring (bicyclic) bond motifs is 2. The van der Waals surface area contributed by atoms with Crippen molar-refractivity contribution in [3.05, 3.63) is 63.3 Å². The van der Waals surface area contributed by atoms with Gasteiger partial charge < -0.3 is 20.6 Å². The van der Waals surface area contributed by atoms with Crippen LogP contribution in [0, 0.1) is 18.7 Å². The first kappa shape index (κ1) is 27.0. The maximum absolute atomic E-state index is 14.0. The number of hydrogen-bond acceptors (Lipinski definition) is 8. The molecule has 1 fully saturated rings. The number of likely N-dealkylation sites (N-methyl/N-ethyl adjacent to an activating group) is 1. The second kappa shape index (κ2) is 10.2. The quantitative estimate of drug-likeness (QED) is 0.386. The molecule has 0 radical (unpaired) electrons. The highest BCUT2D eigenvalue weighted by Crippen LogP contribution is 2.43. The van der Waals surface area contributed by atoms with Crippen LogP contribution in [0.25, 0.3) is 5.69 Å². The minimum atomic E-state index is -1.16. The van der Waals surface area contributed by atoms with E-state index in [0.717, 1.165) is 4.90 Å². The fourth-order valence-electron chi connectivity index (χ4n) is 5.39. The van der Waals surface area contributed by atoms with E-state index in [-0.39, 0.29) is 24.8 Å². The van der Waals surface area contributed by atoms with Gasteiger partial charge in [-0.3, -0.25) is 23.7 Å². The number of aryl methyl sites for hydroxylation is 1. The SMILES string of the molecule is Cc1cnnn1-c1cc(F)ccc1CNC(=O)c1nc2n(c(=O)c1O)CC1CCC2(NC(=O)C(=O)N(C)C)CC1. The van der Waals surface area contributed by atoms with Gasteiger partial charge in [0.1, 0.15) is 11.6 Å². The molecule has 3 aromatic rings. The molecule has 3 N–H and O–H groups in total. The number of nitrogens with zero attached hydrogens (tertiary/aromatic N) is 6. The van der Waals surface area contributed by atoms with Crippen molar-refractivity contribution in [1.82, 2.24) is 40.1 Å². The Balaban J connectivity index is 1.49. The summed E-state index contributed by atoms with van der Waals surface area (Å²) < 4.78 is 16.8. The fourth-order valence-corrected chi connectivity index (χ4v) is 5.39. The van der Waals surface area contributed by atoms with E-state index in [1.807, 2.05) is 0 Å². The Hall–Kier alpha value is -4.62. The van der Waals surface area contributed by atoms with Gasteiger partial charge in [0.25, 0.3) is 11.5 Å². The van der Waals surface area contributed by atoms with Crippen LogP contribution in [0.4, 0.5) is 4.39 Å². The average Bonchev–Trinajstić information content (AvgIpc) is 3.22. The van der Waals surface area contributed by atoms with Crippen LogP contribution in [0.5, 0.6) is 5.75 Å². The number of nitrogens with one attached hydrogen (secondary N) is 2. The maximum Gasteiger partial charge on any atom is 0.311 e. The van der Waals surface area contributed by atoms with E-state index in [1.165, 1.54) is 47.7 Å². The third-order valence-corrected chi connectivity index (χ3v) is 7.58. The number of benzene rings is 1. The predicted octanol–water partition coefficient (Wildman–Crippen LogP) is 0.511. The molecule has 2 aromatic heterocycles. The van der Waals surface area contributed by atoms with Crippen LogP contribution in [-0.4, -0.2) is 66.4 Å². The summed E-state index contributed by atoms with van der Waals surface area (Å²) in [5.74, 6) is -3.53. The molecule has 1 aromatic carbocycles. The van der Waals surface area contributed by atoms with Crippen molar-refractivity contribution < 1.29 is 23.9 Å². The molecule has 1 saturated carbocycles. The van der Waals surface area contributed by atoms with E-state index in [4.69, 9.17) is 0 Å². The summed E-state index contributed by atoms with van der Waals surface area (Å²) in [4.78, 5) is 57.3. The van der Waals surface area contributed by atoms with Crippen molar-refractivity contribution in [2.75, 3.05) is 14.1 Å². The summed E-state index contributed by atoms with van der Waals surface area (Å²) >= 11 is 0. The van der Waals surface area contributed by atoms with Gasteiger partial charge >= 0.3 is 11.8 Å². The molecule has 0 saturated heterocycles. The van der Waals surface area contributed by atoms with Crippen LogP contribution in [0.15, 0.2) is 29.2 Å². The topological polar surface area (TPSA) is 164 Å². The number of amides is 3. The van der Waals surface area contributed by atoms with Crippen LogP contribution in [-0.2, 0) is 28.2 Å². The molecule has 0 spiro atoms. The lowest BCUT2D eigenvalue weighted by Gasteiger charge is -2.37. The first-order chi connectivity index (χ1) is 19.0. The Bertz CT molecular complexity index is 1570. The largest absolute Gasteiger partial charge is 0.501 e. The standard InChI is InChI=1S/C26H29FN8O5/c1-14-11-29-32-35(14)18-10-17(27)5-4-16(18)12-28-21(37)19-20(36)23(39)34-13-15-6-8-26(9-7-15,25(34)30-19)31-22(38)24(40)33(2)3/h4-5,10-11,15,36H,6-9,12-13H2,1-3H3,(H,28,37)(H,31,38).